The van der Waals surface area contributed by atoms with Gasteiger partial charge in [-0.25, -0.2) is 4.39 Å². The number of ketones is 2. The Bertz CT molecular complexity index is 868. The highest BCUT2D eigenvalue weighted by atomic mass is 19.1. The lowest BCUT2D eigenvalue weighted by molar-refractivity contribution is -0.219. The zero-order valence-corrected chi connectivity index (χ0v) is 19.4. The lowest BCUT2D eigenvalue weighted by Crippen LogP contribution is -2.69. The van der Waals surface area contributed by atoms with Crippen molar-refractivity contribution in [2.45, 2.75) is 83.5 Å². The quantitative estimate of drug-likeness (QED) is 0.604. The Balaban J connectivity index is 1.64. The fraction of sp³-hybridized carbons (Fsp3) is 0.760. The van der Waals surface area contributed by atoms with Crippen molar-refractivity contribution in [3.8, 4) is 0 Å². The van der Waals surface area contributed by atoms with Gasteiger partial charge in [0.05, 0.1) is 6.10 Å². The highest BCUT2D eigenvalue weighted by Gasteiger charge is 2.74. The van der Waals surface area contributed by atoms with Crippen molar-refractivity contribution >= 4 is 11.6 Å². The molecule has 7 heteroatoms. The zero-order chi connectivity index (χ0) is 23.5. The molecular weight excluding hydrogens is 415 g/mol. The summed E-state index contributed by atoms with van der Waals surface area (Å²) in [4.78, 5) is 25.1. The molecular formula is C25H35FO6. The number of aliphatic hydroxyl groups excluding tert-OH is 1. The van der Waals surface area contributed by atoms with Gasteiger partial charge in [-0.3, -0.25) is 9.59 Å². The number of carbonyl (C=O) groups is 2. The van der Waals surface area contributed by atoms with Gasteiger partial charge in [0.1, 0.15) is 12.2 Å². The van der Waals surface area contributed by atoms with Crippen LogP contribution in [0, 0.1) is 22.7 Å². The molecule has 0 aromatic rings. The van der Waals surface area contributed by atoms with Crippen molar-refractivity contribution in [3.63, 3.8) is 0 Å². The van der Waals surface area contributed by atoms with Gasteiger partial charge in [-0.1, -0.05) is 18.6 Å². The number of halogens is 1. The Kier molecular flexibility index (Phi) is 5.81. The second-order valence-corrected chi connectivity index (χ2v) is 10.4. The molecule has 3 saturated carbocycles. The third-order valence-electron chi connectivity index (χ3n) is 9.10. The Morgan fingerprint density at radius 2 is 2.00 bits per heavy atom. The maximum absolute atomic E-state index is 17.0. The van der Waals surface area contributed by atoms with E-state index in [4.69, 9.17) is 9.47 Å². The first-order valence-corrected chi connectivity index (χ1v) is 11.7. The molecule has 6 nitrogen and oxygen atoms in total. The summed E-state index contributed by atoms with van der Waals surface area (Å²) in [6, 6.07) is 0. The Morgan fingerprint density at radius 3 is 2.69 bits per heavy atom. The van der Waals surface area contributed by atoms with E-state index >= 15 is 4.39 Å². The van der Waals surface area contributed by atoms with Crippen LogP contribution in [0.15, 0.2) is 23.8 Å². The smallest absolute Gasteiger partial charge is 0.190 e. The second kappa shape index (κ2) is 7.83. The summed E-state index contributed by atoms with van der Waals surface area (Å²) in [6.45, 7) is 7.24. The monoisotopic (exact) mass is 450 g/mol. The molecule has 2 N–H and O–H groups in total. The summed E-state index contributed by atoms with van der Waals surface area (Å²) in [5, 5.41) is 22.9. The molecule has 0 amide bonds. The summed E-state index contributed by atoms with van der Waals surface area (Å²) in [5.41, 5.74) is -4.98. The number of carbonyl (C=O) groups excluding carboxylic acids is 2. The van der Waals surface area contributed by atoms with Crippen LogP contribution in [0.1, 0.15) is 59.8 Å². The third kappa shape index (κ3) is 3.04. The fourth-order valence-electron chi connectivity index (χ4n) is 7.27. The number of hydrogen-bond donors (Lipinski definition) is 2. The van der Waals surface area contributed by atoms with Crippen molar-refractivity contribution in [1.82, 2.24) is 0 Å². The standard InChI is InChI=1S/C25H35FO6/c1-5-31-15(2)32-14-21(29)24(30)11-9-18-19-7-6-16-12-17(27)8-10-22(16,3)25(19,26)20(28)13-23(18,24)4/h8,10,12,15,18-20,28,30H,5-7,9,11,13-14H2,1-4H3/t15-,18-,19-,20-,22-,23-,24-,25-/m0/s1. The summed E-state index contributed by atoms with van der Waals surface area (Å²) >= 11 is 0. The SMILES string of the molecule is CCO[C@H](C)OCC(=O)[C@@]1(O)CC[C@H]2[C@@H]3CCC4=CC(=O)C=C[C@]4(C)[C@@]3(F)[C@@H](O)C[C@@]21C. The molecule has 4 rings (SSSR count). The first kappa shape index (κ1) is 23.7. The average molecular weight is 451 g/mol. The number of alkyl halides is 1. The minimum atomic E-state index is -1.97. The summed E-state index contributed by atoms with van der Waals surface area (Å²) in [7, 11) is 0. The van der Waals surface area contributed by atoms with E-state index in [-0.39, 0.29) is 31.1 Å². The van der Waals surface area contributed by atoms with E-state index in [0.717, 1.165) is 0 Å². The molecule has 0 heterocycles. The van der Waals surface area contributed by atoms with Crippen LogP contribution in [0.25, 0.3) is 0 Å². The molecule has 4 aliphatic carbocycles. The van der Waals surface area contributed by atoms with Crippen molar-refractivity contribution in [2.24, 2.45) is 22.7 Å². The van der Waals surface area contributed by atoms with Crippen molar-refractivity contribution in [1.29, 1.82) is 0 Å². The first-order valence-electron chi connectivity index (χ1n) is 11.7. The number of allylic oxidation sites excluding steroid dienone is 4. The maximum atomic E-state index is 17.0. The van der Waals surface area contributed by atoms with Gasteiger partial charge in [-0.05, 0) is 70.9 Å². The molecule has 8 atom stereocenters. The number of Topliss-reactive ketones (excluding diaryl/α,β-unsaturated/α-hetero) is 1. The van der Waals surface area contributed by atoms with Crippen LogP contribution in [-0.2, 0) is 19.1 Å². The Labute approximate surface area is 188 Å². The number of aliphatic hydroxyl groups is 2. The highest BCUT2D eigenvalue weighted by Crippen LogP contribution is 2.69. The topological polar surface area (TPSA) is 93.1 Å². The van der Waals surface area contributed by atoms with E-state index in [1.165, 1.54) is 12.2 Å². The number of rotatable bonds is 6. The summed E-state index contributed by atoms with van der Waals surface area (Å²) in [6.07, 6.45) is 4.27. The zero-order valence-electron chi connectivity index (χ0n) is 19.4. The average Bonchev–Trinajstić information content (AvgIpc) is 3.00. The van der Waals surface area contributed by atoms with E-state index in [0.29, 0.717) is 31.4 Å². The molecule has 0 aromatic heterocycles. The van der Waals surface area contributed by atoms with Crippen LogP contribution in [-0.4, -0.2) is 58.7 Å². The van der Waals surface area contributed by atoms with Gasteiger partial charge in [-0.2, -0.15) is 0 Å². The van der Waals surface area contributed by atoms with Crippen LogP contribution in [0.2, 0.25) is 0 Å². The van der Waals surface area contributed by atoms with E-state index < -0.39 is 46.2 Å². The highest BCUT2D eigenvalue weighted by molar-refractivity contribution is 6.01. The van der Waals surface area contributed by atoms with Gasteiger partial charge in [-0.15, -0.1) is 0 Å². The summed E-state index contributed by atoms with van der Waals surface area (Å²) < 4.78 is 27.8. The molecule has 0 aliphatic heterocycles. The van der Waals surface area contributed by atoms with Gasteiger partial charge in [0.2, 0.25) is 0 Å². The first-order chi connectivity index (χ1) is 14.9. The van der Waals surface area contributed by atoms with Crippen molar-refractivity contribution in [2.75, 3.05) is 13.2 Å². The van der Waals surface area contributed by atoms with Gasteiger partial charge < -0.3 is 19.7 Å². The third-order valence-corrected chi connectivity index (χ3v) is 9.10. The van der Waals surface area contributed by atoms with Gasteiger partial charge >= 0.3 is 0 Å². The number of hydrogen-bond acceptors (Lipinski definition) is 6. The van der Waals surface area contributed by atoms with Crippen LogP contribution in [0.4, 0.5) is 4.39 Å². The van der Waals surface area contributed by atoms with E-state index in [1.807, 2.05) is 13.8 Å². The van der Waals surface area contributed by atoms with Crippen molar-refractivity contribution in [3.05, 3.63) is 23.8 Å². The Morgan fingerprint density at radius 1 is 1.28 bits per heavy atom. The minimum absolute atomic E-state index is 0.0292. The second-order valence-electron chi connectivity index (χ2n) is 10.4. The molecule has 3 fully saturated rings. The molecule has 0 saturated heterocycles. The molecule has 0 radical (unpaired) electrons. The van der Waals surface area contributed by atoms with Gasteiger partial charge in [0.15, 0.2) is 23.5 Å². The van der Waals surface area contributed by atoms with Crippen LogP contribution in [0.3, 0.4) is 0 Å². The molecule has 32 heavy (non-hydrogen) atoms. The van der Waals surface area contributed by atoms with Gasteiger partial charge in [0.25, 0.3) is 0 Å². The predicted molar refractivity (Wildman–Crippen MR) is 115 cm³/mol. The molecule has 0 unspecified atom stereocenters. The molecule has 0 bridgehead atoms. The molecule has 4 aliphatic rings. The fourth-order valence-corrected chi connectivity index (χ4v) is 7.27. The molecule has 0 aromatic carbocycles. The largest absolute Gasteiger partial charge is 0.390 e. The van der Waals surface area contributed by atoms with Crippen LogP contribution < -0.4 is 0 Å². The number of fused-ring (bicyclic) bond motifs is 5. The molecule has 0 spiro atoms. The summed E-state index contributed by atoms with van der Waals surface area (Å²) in [5.74, 6) is -1.39. The molecule has 178 valence electrons. The minimum Gasteiger partial charge on any atom is -0.390 e. The van der Waals surface area contributed by atoms with E-state index in [2.05, 4.69) is 0 Å². The van der Waals surface area contributed by atoms with Crippen LogP contribution >= 0.6 is 0 Å². The number of ether oxygens (including phenoxy) is 2. The predicted octanol–water partition coefficient (Wildman–Crippen LogP) is 3.06. The normalized spacial score (nSPS) is 46.2. The van der Waals surface area contributed by atoms with Gasteiger partial charge in [0, 0.05) is 23.4 Å². The van der Waals surface area contributed by atoms with E-state index in [1.54, 1.807) is 19.9 Å². The maximum Gasteiger partial charge on any atom is 0.190 e. The van der Waals surface area contributed by atoms with Crippen molar-refractivity contribution < 1.29 is 33.7 Å². The van der Waals surface area contributed by atoms with Crippen LogP contribution in [0.5, 0.6) is 0 Å². The van der Waals surface area contributed by atoms with E-state index in [9.17, 15) is 19.8 Å². The lowest BCUT2D eigenvalue weighted by atomic mass is 9.44. The Hall–Kier alpha value is -1.41. The lowest BCUT2D eigenvalue weighted by Gasteiger charge is -2.62.